The molecule has 1 atom stereocenters. The van der Waals surface area contributed by atoms with Crippen LogP contribution in [0.25, 0.3) is 0 Å². The topological polar surface area (TPSA) is 175 Å². The molecular formula is C14H14N4O7. The average Bonchev–Trinajstić information content (AvgIpc) is 2.93. The normalized spacial score (nSPS) is 11.6. The van der Waals surface area contributed by atoms with E-state index >= 15 is 0 Å². The van der Waals surface area contributed by atoms with E-state index in [2.05, 4.69) is 9.79 Å². The number of aromatic nitrogens is 2. The van der Waals surface area contributed by atoms with Gasteiger partial charge in [0, 0.05) is 5.16 Å². The summed E-state index contributed by atoms with van der Waals surface area (Å²) < 4.78 is 14.2. The molecule has 132 valence electrons. The second-order valence-corrected chi connectivity index (χ2v) is 4.87. The molecule has 0 bridgehead atoms. The van der Waals surface area contributed by atoms with Crippen molar-refractivity contribution in [1.82, 2.24) is 5.16 Å². The molecule has 1 aromatic carbocycles. The largest absolute Gasteiger partial charge is 0.453 e. The van der Waals surface area contributed by atoms with Gasteiger partial charge in [-0.3, -0.25) is 9.42 Å². The van der Waals surface area contributed by atoms with Gasteiger partial charge in [-0.1, -0.05) is 12.1 Å². The molecule has 1 amide bonds. The monoisotopic (exact) mass is 350 g/mol. The summed E-state index contributed by atoms with van der Waals surface area (Å²) in [6, 6.07) is 4.93. The summed E-state index contributed by atoms with van der Waals surface area (Å²) in [4.78, 5) is 34.7. The lowest BCUT2D eigenvalue weighted by molar-refractivity contribution is -0.803. The summed E-state index contributed by atoms with van der Waals surface area (Å²) in [7, 11) is 0. The van der Waals surface area contributed by atoms with Gasteiger partial charge in [-0.15, -0.1) is 0 Å². The second kappa shape index (κ2) is 7.40. The Morgan fingerprint density at radius 2 is 2.04 bits per heavy atom. The Morgan fingerprint density at radius 1 is 1.36 bits per heavy atom. The van der Waals surface area contributed by atoms with Gasteiger partial charge in [0.1, 0.15) is 17.4 Å². The molecule has 11 heteroatoms. The Labute approximate surface area is 140 Å². The molecule has 1 aromatic heterocycles. The number of carbonyl (C=O) groups is 3. The fraction of sp³-hybridized carbons (Fsp3) is 0.214. The van der Waals surface area contributed by atoms with Gasteiger partial charge in [0.15, 0.2) is 6.61 Å². The molecule has 2 aromatic rings. The lowest BCUT2D eigenvalue weighted by Crippen LogP contribution is -2.35. The van der Waals surface area contributed by atoms with Gasteiger partial charge in [-0.25, -0.2) is 9.59 Å². The van der Waals surface area contributed by atoms with Gasteiger partial charge >= 0.3 is 11.9 Å². The number of benzene rings is 1. The third-order valence-corrected chi connectivity index (χ3v) is 2.94. The molecule has 4 N–H and O–H groups in total. The van der Waals surface area contributed by atoms with Crippen LogP contribution in [0.15, 0.2) is 28.9 Å². The maximum absolute atomic E-state index is 12.2. The average molecular weight is 350 g/mol. The Morgan fingerprint density at radius 3 is 2.68 bits per heavy atom. The summed E-state index contributed by atoms with van der Waals surface area (Å²) in [5.41, 5.74) is 9.53. The third-order valence-electron chi connectivity index (χ3n) is 2.94. The zero-order valence-electron chi connectivity index (χ0n) is 13.0. The van der Waals surface area contributed by atoms with Crippen molar-refractivity contribution in [3.8, 4) is 5.75 Å². The molecule has 0 saturated heterocycles. The van der Waals surface area contributed by atoms with Crippen molar-refractivity contribution in [2.75, 3.05) is 0 Å². The van der Waals surface area contributed by atoms with Gasteiger partial charge in [0.05, 0.1) is 0 Å². The maximum Gasteiger partial charge on any atom is 0.342 e. The Bertz CT molecular complexity index is 815. The van der Waals surface area contributed by atoms with Gasteiger partial charge in [0.25, 0.3) is 17.3 Å². The van der Waals surface area contributed by atoms with Crippen molar-refractivity contribution >= 4 is 17.8 Å². The SMILES string of the molecule is C[C@H](N)C(=O)Oc1ccccc1C(=O)OCc1no[n+]([O-])c1C(N)=O. The fourth-order valence-corrected chi connectivity index (χ4v) is 1.74. The molecule has 0 spiro atoms. The minimum Gasteiger partial charge on any atom is -0.453 e. The van der Waals surface area contributed by atoms with E-state index in [1.165, 1.54) is 25.1 Å². The van der Waals surface area contributed by atoms with Crippen molar-refractivity contribution in [3.63, 3.8) is 0 Å². The van der Waals surface area contributed by atoms with Gasteiger partial charge < -0.3 is 26.1 Å². The number of esters is 2. The highest BCUT2D eigenvalue weighted by Crippen LogP contribution is 2.20. The van der Waals surface area contributed by atoms with Crippen LogP contribution >= 0.6 is 0 Å². The van der Waals surface area contributed by atoms with Crippen LogP contribution in [0.2, 0.25) is 0 Å². The Hall–Kier alpha value is -3.47. The van der Waals surface area contributed by atoms with Crippen LogP contribution in [0.1, 0.15) is 33.5 Å². The third kappa shape index (κ3) is 4.09. The molecule has 0 radical (unpaired) electrons. The fourth-order valence-electron chi connectivity index (χ4n) is 1.74. The molecule has 25 heavy (non-hydrogen) atoms. The predicted molar refractivity (Wildman–Crippen MR) is 78.8 cm³/mol. The number of carbonyl (C=O) groups excluding carboxylic acids is 3. The van der Waals surface area contributed by atoms with E-state index < -0.39 is 36.2 Å². The molecular weight excluding hydrogens is 336 g/mol. The van der Waals surface area contributed by atoms with E-state index in [4.69, 9.17) is 20.9 Å². The van der Waals surface area contributed by atoms with Gasteiger partial charge in [-0.05, 0) is 24.0 Å². The van der Waals surface area contributed by atoms with Crippen molar-refractivity contribution in [2.24, 2.45) is 11.5 Å². The van der Waals surface area contributed by atoms with Crippen LogP contribution in [0.3, 0.4) is 0 Å². The summed E-state index contributed by atoms with van der Waals surface area (Å²) in [6.07, 6.45) is 0. The van der Waals surface area contributed by atoms with E-state index in [0.717, 1.165) is 0 Å². The minimum atomic E-state index is -1.09. The van der Waals surface area contributed by atoms with Crippen LogP contribution in [0, 0.1) is 5.21 Å². The number of primary amides is 1. The number of amides is 1. The molecule has 0 fully saturated rings. The maximum atomic E-state index is 12.2. The molecule has 0 aliphatic carbocycles. The number of ether oxygens (including phenoxy) is 2. The Kier molecular flexibility index (Phi) is 5.29. The van der Waals surface area contributed by atoms with E-state index in [0.29, 0.717) is 0 Å². The molecule has 0 aliphatic rings. The van der Waals surface area contributed by atoms with Crippen LogP contribution in [0.5, 0.6) is 5.75 Å². The highest BCUT2D eigenvalue weighted by atomic mass is 16.8. The lowest BCUT2D eigenvalue weighted by atomic mass is 10.2. The van der Waals surface area contributed by atoms with Crippen molar-refractivity contribution in [3.05, 3.63) is 46.4 Å². The summed E-state index contributed by atoms with van der Waals surface area (Å²) in [5.74, 6) is -2.76. The quantitative estimate of drug-likeness (QED) is 0.376. The second-order valence-electron chi connectivity index (χ2n) is 4.87. The van der Waals surface area contributed by atoms with E-state index in [9.17, 15) is 19.6 Å². The number of nitrogens with two attached hydrogens (primary N) is 2. The molecule has 11 nitrogen and oxygen atoms in total. The number of para-hydroxylation sites is 1. The van der Waals surface area contributed by atoms with Crippen LogP contribution < -0.4 is 21.1 Å². The summed E-state index contributed by atoms with van der Waals surface area (Å²) in [6.45, 7) is 0.878. The first kappa shape index (κ1) is 17.9. The lowest BCUT2D eigenvalue weighted by Gasteiger charge is -2.10. The van der Waals surface area contributed by atoms with E-state index in [1.807, 2.05) is 0 Å². The Balaban J connectivity index is 2.14. The minimum absolute atomic E-state index is 0.0519. The molecule has 0 unspecified atom stereocenters. The number of nitrogens with zero attached hydrogens (tertiary/aromatic N) is 2. The smallest absolute Gasteiger partial charge is 0.342 e. The highest BCUT2D eigenvalue weighted by molar-refractivity contribution is 5.94. The molecule has 2 rings (SSSR count). The van der Waals surface area contributed by atoms with Gasteiger partial charge in [0.2, 0.25) is 0 Å². The van der Waals surface area contributed by atoms with Crippen LogP contribution in [0.4, 0.5) is 0 Å². The van der Waals surface area contributed by atoms with Crippen molar-refractivity contribution in [1.29, 1.82) is 0 Å². The molecule has 0 saturated carbocycles. The first-order valence-corrected chi connectivity index (χ1v) is 6.93. The first-order valence-electron chi connectivity index (χ1n) is 6.93. The zero-order chi connectivity index (χ0) is 18.6. The van der Waals surface area contributed by atoms with Crippen LogP contribution in [-0.4, -0.2) is 29.0 Å². The standard InChI is InChI=1S/C14H14N4O7/c1-7(15)13(20)24-10-5-3-2-4-8(10)14(21)23-6-9-11(12(16)19)18(22)25-17-9/h2-5,7H,6,15H2,1H3,(H2,16,19)/t7-/m0/s1. The first-order chi connectivity index (χ1) is 11.8. The molecule has 0 aliphatic heterocycles. The van der Waals surface area contributed by atoms with Crippen molar-refractivity contribution < 1.29 is 33.4 Å². The van der Waals surface area contributed by atoms with Crippen LogP contribution in [-0.2, 0) is 16.1 Å². The summed E-state index contributed by atoms with van der Waals surface area (Å²) >= 11 is 0. The highest BCUT2D eigenvalue weighted by Gasteiger charge is 2.26. The van der Waals surface area contributed by atoms with Crippen molar-refractivity contribution in [2.45, 2.75) is 19.6 Å². The number of hydrogen-bond acceptors (Lipinski definition) is 9. The summed E-state index contributed by atoms with van der Waals surface area (Å²) in [5, 5.41) is 14.5. The van der Waals surface area contributed by atoms with Gasteiger partial charge in [-0.2, -0.15) is 0 Å². The zero-order valence-corrected chi connectivity index (χ0v) is 13.0. The number of hydrogen-bond donors (Lipinski definition) is 2. The number of rotatable bonds is 6. The predicted octanol–water partition coefficient (Wildman–Crippen LogP) is -0.983. The van der Waals surface area contributed by atoms with E-state index in [1.54, 1.807) is 6.07 Å². The van der Waals surface area contributed by atoms with E-state index in [-0.39, 0.29) is 21.9 Å². The molecule has 1 heterocycles.